The summed E-state index contributed by atoms with van der Waals surface area (Å²) in [6.07, 6.45) is 3.14. The molecule has 1 aliphatic heterocycles. The topological polar surface area (TPSA) is 78.5 Å². The van der Waals surface area contributed by atoms with Crippen LogP contribution in [0.4, 0.5) is 10.5 Å². The molecule has 2 aliphatic rings. The van der Waals surface area contributed by atoms with Gasteiger partial charge in [-0.3, -0.25) is 14.5 Å². The number of urea groups is 1. The number of halogens is 1. The molecule has 6 nitrogen and oxygen atoms in total. The normalized spacial score (nSPS) is 20.6. The number of aryl methyl sites for hydroxylation is 3. The van der Waals surface area contributed by atoms with Gasteiger partial charge in [0.1, 0.15) is 12.1 Å². The number of hydrogen-bond donors (Lipinski definition) is 2. The standard InChI is InChI=1S/C22H22BrN3O3/c1-13-6-9-18(17(23)10-13)24-19(27)12-26-20(28)22(2,25-21(26)29)16-8-7-14-4-3-5-15(14)11-16/h6-11H,3-5,12H2,1-2H3,(H,24,27)(H,25,29). The minimum absolute atomic E-state index is 0.342. The van der Waals surface area contributed by atoms with Crippen molar-refractivity contribution in [3.63, 3.8) is 0 Å². The number of amides is 4. The first kappa shape index (κ1) is 19.6. The molecule has 0 radical (unpaired) electrons. The maximum atomic E-state index is 13.1. The highest BCUT2D eigenvalue weighted by molar-refractivity contribution is 9.10. The van der Waals surface area contributed by atoms with Gasteiger partial charge in [-0.1, -0.05) is 24.3 Å². The predicted molar refractivity (Wildman–Crippen MR) is 114 cm³/mol. The highest BCUT2D eigenvalue weighted by Crippen LogP contribution is 2.32. The number of nitrogens with one attached hydrogen (secondary N) is 2. The van der Waals surface area contributed by atoms with Crippen LogP contribution in [0.3, 0.4) is 0 Å². The van der Waals surface area contributed by atoms with Crippen LogP contribution in [-0.4, -0.2) is 29.3 Å². The van der Waals surface area contributed by atoms with Crippen LogP contribution in [0, 0.1) is 6.92 Å². The third kappa shape index (κ3) is 3.55. The van der Waals surface area contributed by atoms with Crippen molar-refractivity contribution in [2.45, 2.75) is 38.6 Å². The molecule has 150 valence electrons. The molecule has 7 heteroatoms. The van der Waals surface area contributed by atoms with Crippen LogP contribution in [0.25, 0.3) is 0 Å². The Morgan fingerprint density at radius 1 is 1.17 bits per heavy atom. The highest BCUT2D eigenvalue weighted by Gasteiger charge is 2.49. The predicted octanol–water partition coefficient (Wildman–Crippen LogP) is 3.65. The average molecular weight is 456 g/mol. The zero-order valence-electron chi connectivity index (χ0n) is 16.3. The van der Waals surface area contributed by atoms with Crippen molar-refractivity contribution < 1.29 is 14.4 Å². The van der Waals surface area contributed by atoms with E-state index in [4.69, 9.17) is 0 Å². The maximum absolute atomic E-state index is 13.1. The first-order valence-electron chi connectivity index (χ1n) is 9.60. The number of benzene rings is 2. The van der Waals surface area contributed by atoms with Crippen LogP contribution in [-0.2, 0) is 28.0 Å². The fourth-order valence-corrected chi connectivity index (χ4v) is 4.57. The quantitative estimate of drug-likeness (QED) is 0.690. The van der Waals surface area contributed by atoms with Gasteiger partial charge in [0.05, 0.1) is 5.69 Å². The molecule has 1 saturated heterocycles. The summed E-state index contributed by atoms with van der Waals surface area (Å²) < 4.78 is 0.742. The molecule has 0 spiro atoms. The first-order chi connectivity index (χ1) is 13.8. The second-order valence-corrected chi connectivity index (χ2v) is 8.67. The van der Waals surface area contributed by atoms with Gasteiger partial charge in [-0.05, 0) is 83.4 Å². The van der Waals surface area contributed by atoms with Crippen LogP contribution in [0.5, 0.6) is 0 Å². The molecule has 4 amide bonds. The Balaban J connectivity index is 1.51. The number of fused-ring (bicyclic) bond motifs is 1. The van der Waals surface area contributed by atoms with Gasteiger partial charge in [0.25, 0.3) is 5.91 Å². The van der Waals surface area contributed by atoms with Gasteiger partial charge in [0, 0.05) is 4.47 Å². The molecule has 29 heavy (non-hydrogen) atoms. The Morgan fingerprint density at radius 3 is 2.69 bits per heavy atom. The lowest BCUT2D eigenvalue weighted by atomic mass is 9.89. The van der Waals surface area contributed by atoms with Gasteiger partial charge in [-0.2, -0.15) is 0 Å². The van der Waals surface area contributed by atoms with Gasteiger partial charge in [-0.25, -0.2) is 4.79 Å². The lowest BCUT2D eigenvalue weighted by Gasteiger charge is -2.23. The van der Waals surface area contributed by atoms with E-state index in [9.17, 15) is 14.4 Å². The second kappa shape index (κ2) is 7.30. The molecule has 4 rings (SSSR count). The van der Waals surface area contributed by atoms with Crippen molar-refractivity contribution in [3.8, 4) is 0 Å². The summed E-state index contributed by atoms with van der Waals surface area (Å²) in [4.78, 5) is 39.1. The van der Waals surface area contributed by atoms with E-state index in [0.29, 0.717) is 5.69 Å². The number of anilines is 1. The lowest BCUT2D eigenvalue weighted by Crippen LogP contribution is -2.42. The largest absolute Gasteiger partial charge is 0.325 e. The molecule has 1 aliphatic carbocycles. The number of carbonyl (C=O) groups excluding carboxylic acids is 3. The van der Waals surface area contributed by atoms with E-state index in [1.165, 1.54) is 11.1 Å². The minimum atomic E-state index is -1.17. The van der Waals surface area contributed by atoms with Crippen molar-refractivity contribution in [2.75, 3.05) is 11.9 Å². The number of imide groups is 1. The highest BCUT2D eigenvalue weighted by atomic mass is 79.9. The zero-order valence-corrected chi connectivity index (χ0v) is 17.9. The van der Waals surface area contributed by atoms with Crippen molar-refractivity contribution >= 4 is 39.5 Å². The molecule has 2 N–H and O–H groups in total. The Morgan fingerprint density at radius 2 is 1.93 bits per heavy atom. The number of hydrogen-bond acceptors (Lipinski definition) is 3. The summed E-state index contributed by atoms with van der Waals surface area (Å²) >= 11 is 3.41. The molecule has 1 fully saturated rings. The maximum Gasteiger partial charge on any atom is 0.325 e. The number of rotatable bonds is 4. The third-order valence-corrected chi connectivity index (χ3v) is 6.31. The molecule has 1 unspecified atom stereocenters. The fraction of sp³-hybridized carbons (Fsp3) is 0.318. The Bertz CT molecular complexity index is 1040. The molecule has 1 atom stereocenters. The summed E-state index contributed by atoms with van der Waals surface area (Å²) in [5.41, 5.74) is 3.75. The number of nitrogens with zero attached hydrogens (tertiary/aromatic N) is 1. The summed E-state index contributed by atoms with van der Waals surface area (Å²) in [5.74, 6) is -0.852. The lowest BCUT2D eigenvalue weighted by molar-refractivity contribution is -0.133. The molecule has 0 aromatic heterocycles. The van der Waals surface area contributed by atoms with E-state index in [1.807, 2.05) is 37.3 Å². The molecule has 1 heterocycles. The van der Waals surface area contributed by atoms with E-state index in [-0.39, 0.29) is 6.54 Å². The Kier molecular flexibility index (Phi) is 4.94. The minimum Gasteiger partial charge on any atom is -0.323 e. The van der Waals surface area contributed by atoms with Crippen LogP contribution in [0.15, 0.2) is 40.9 Å². The molecular weight excluding hydrogens is 434 g/mol. The second-order valence-electron chi connectivity index (χ2n) is 7.81. The van der Waals surface area contributed by atoms with Crippen LogP contribution in [0.2, 0.25) is 0 Å². The Labute approximate surface area is 177 Å². The van der Waals surface area contributed by atoms with Crippen molar-refractivity contribution in [3.05, 3.63) is 63.1 Å². The van der Waals surface area contributed by atoms with Crippen molar-refractivity contribution in [1.29, 1.82) is 0 Å². The third-order valence-electron chi connectivity index (χ3n) is 5.65. The molecule has 2 aromatic rings. The van der Waals surface area contributed by atoms with Crippen LogP contribution in [0.1, 0.15) is 35.6 Å². The summed E-state index contributed by atoms with van der Waals surface area (Å²) in [5, 5.41) is 5.52. The van der Waals surface area contributed by atoms with Gasteiger partial charge < -0.3 is 10.6 Å². The first-order valence-corrected chi connectivity index (χ1v) is 10.4. The van der Waals surface area contributed by atoms with Gasteiger partial charge in [0.2, 0.25) is 5.91 Å². The number of carbonyl (C=O) groups is 3. The monoisotopic (exact) mass is 455 g/mol. The van der Waals surface area contributed by atoms with E-state index < -0.39 is 23.4 Å². The molecule has 0 saturated carbocycles. The van der Waals surface area contributed by atoms with Crippen molar-refractivity contribution in [1.82, 2.24) is 10.2 Å². The average Bonchev–Trinajstić information content (AvgIpc) is 3.22. The van der Waals surface area contributed by atoms with Gasteiger partial charge in [0.15, 0.2) is 0 Å². The van der Waals surface area contributed by atoms with E-state index in [1.54, 1.807) is 13.0 Å². The molecule has 0 bridgehead atoms. The van der Waals surface area contributed by atoms with Gasteiger partial charge >= 0.3 is 6.03 Å². The van der Waals surface area contributed by atoms with Gasteiger partial charge in [-0.15, -0.1) is 0 Å². The van der Waals surface area contributed by atoms with E-state index >= 15 is 0 Å². The van der Waals surface area contributed by atoms with Crippen molar-refractivity contribution in [2.24, 2.45) is 0 Å². The molecular formula is C22H22BrN3O3. The summed E-state index contributed by atoms with van der Waals surface area (Å²) in [6, 6.07) is 10.9. The van der Waals surface area contributed by atoms with Crippen LogP contribution >= 0.6 is 15.9 Å². The smallest absolute Gasteiger partial charge is 0.323 e. The SMILES string of the molecule is Cc1ccc(NC(=O)CN2C(=O)NC(C)(c3ccc4c(c3)CCC4)C2=O)c(Br)c1. The van der Waals surface area contributed by atoms with Crippen LogP contribution < -0.4 is 10.6 Å². The summed E-state index contributed by atoms with van der Waals surface area (Å²) in [7, 11) is 0. The fourth-order valence-electron chi connectivity index (χ4n) is 3.97. The van der Waals surface area contributed by atoms with E-state index in [2.05, 4.69) is 26.6 Å². The Hall–Kier alpha value is -2.67. The zero-order chi connectivity index (χ0) is 20.8. The molecule has 2 aromatic carbocycles. The van der Waals surface area contributed by atoms with E-state index in [0.717, 1.165) is 39.8 Å². The summed E-state index contributed by atoms with van der Waals surface area (Å²) in [6.45, 7) is 3.30.